The average molecular weight is 356 g/mol. The molecule has 0 aliphatic rings. The zero-order valence-electron chi connectivity index (χ0n) is 11.7. The van der Waals surface area contributed by atoms with Crippen molar-refractivity contribution in [2.75, 3.05) is 5.73 Å². The van der Waals surface area contributed by atoms with E-state index in [0.717, 1.165) is 34.4 Å². The number of hydrogen-bond donors (Lipinski definition) is 1. The number of benzene rings is 1. The number of aromatic nitrogens is 2. The summed E-state index contributed by atoms with van der Waals surface area (Å²) in [4.78, 5) is 11.9. The quantitative estimate of drug-likeness (QED) is 0.676. The molecule has 2 rings (SSSR count). The molecule has 21 heavy (non-hydrogen) atoms. The van der Waals surface area contributed by atoms with Gasteiger partial charge in [0.05, 0.1) is 21.4 Å². The molecule has 2 aromatic rings. The van der Waals surface area contributed by atoms with Crippen LogP contribution in [-0.4, -0.2) is 15.7 Å². The smallest absolute Gasteiger partial charge is 0.338 e. The van der Waals surface area contributed by atoms with Crippen molar-refractivity contribution < 1.29 is 13.9 Å². The van der Waals surface area contributed by atoms with E-state index in [-0.39, 0.29) is 17.9 Å². The summed E-state index contributed by atoms with van der Waals surface area (Å²) < 4.78 is 20.9. The molecule has 0 fully saturated rings. The lowest BCUT2D eigenvalue weighted by Gasteiger charge is -2.07. The van der Waals surface area contributed by atoms with Gasteiger partial charge in [-0.05, 0) is 40.5 Å². The molecule has 1 aromatic carbocycles. The predicted octanol–water partition coefficient (Wildman–Crippen LogP) is 2.82. The molecule has 0 aliphatic carbocycles. The number of carbonyl (C=O) groups excluding carboxylic acids is 1. The van der Waals surface area contributed by atoms with E-state index >= 15 is 0 Å². The molecule has 5 nitrogen and oxygen atoms in total. The minimum atomic E-state index is -0.632. The van der Waals surface area contributed by atoms with Crippen LogP contribution in [0.15, 0.2) is 22.7 Å². The maximum atomic E-state index is 13.2. The Kier molecular flexibility index (Phi) is 4.62. The van der Waals surface area contributed by atoms with Crippen LogP contribution >= 0.6 is 15.9 Å². The molecule has 0 atom stereocenters. The van der Waals surface area contributed by atoms with Crippen LogP contribution in [0.5, 0.6) is 0 Å². The maximum Gasteiger partial charge on any atom is 0.338 e. The van der Waals surface area contributed by atoms with Crippen LogP contribution in [0.3, 0.4) is 0 Å². The number of nitrogen functional groups attached to an aromatic ring is 1. The minimum Gasteiger partial charge on any atom is -0.456 e. The fraction of sp³-hybridized carbons (Fsp3) is 0.286. The Bertz CT molecular complexity index is 665. The first-order valence-corrected chi connectivity index (χ1v) is 7.15. The highest BCUT2D eigenvalue weighted by Gasteiger charge is 2.16. The number of anilines is 1. The van der Waals surface area contributed by atoms with Gasteiger partial charge in [0.15, 0.2) is 0 Å². The second kappa shape index (κ2) is 6.26. The Balaban J connectivity index is 2.13. The van der Waals surface area contributed by atoms with Crippen LogP contribution < -0.4 is 5.73 Å². The molecule has 1 heterocycles. The van der Waals surface area contributed by atoms with Crippen LogP contribution in [0.25, 0.3) is 0 Å². The van der Waals surface area contributed by atoms with Gasteiger partial charge < -0.3 is 10.5 Å². The molecule has 0 bridgehead atoms. The van der Waals surface area contributed by atoms with E-state index in [1.165, 1.54) is 6.07 Å². The molecule has 2 N–H and O–H groups in total. The van der Waals surface area contributed by atoms with Crippen LogP contribution in [-0.2, 0) is 24.8 Å². The van der Waals surface area contributed by atoms with Crippen molar-refractivity contribution in [3.8, 4) is 0 Å². The average Bonchev–Trinajstić information content (AvgIpc) is 2.69. The van der Waals surface area contributed by atoms with Crippen molar-refractivity contribution in [3.05, 3.63) is 45.4 Å². The molecular formula is C14H15BrFN3O2. The molecule has 0 aliphatic heterocycles. The van der Waals surface area contributed by atoms with E-state index in [1.54, 1.807) is 11.7 Å². The fourth-order valence-electron chi connectivity index (χ4n) is 1.92. The third kappa shape index (κ3) is 3.41. The first kappa shape index (κ1) is 15.5. The zero-order valence-corrected chi connectivity index (χ0v) is 13.3. The van der Waals surface area contributed by atoms with Crippen molar-refractivity contribution in [2.24, 2.45) is 7.05 Å². The van der Waals surface area contributed by atoms with Gasteiger partial charge in [-0.2, -0.15) is 5.10 Å². The highest BCUT2D eigenvalue weighted by molar-refractivity contribution is 9.10. The van der Waals surface area contributed by atoms with E-state index in [1.807, 2.05) is 6.92 Å². The predicted molar refractivity (Wildman–Crippen MR) is 80.2 cm³/mol. The second-order valence-corrected chi connectivity index (χ2v) is 5.33. The summed E-state index contributed by atoms with van der Waals surface area (Å²) in [6, 6.07) is 3.61. The van der Waals surface area contributed by atoms with E-state index in [9.17, 15) is 9.18 Å². The Hall–Kier alpha value is -1.89. The van der Waals surface area contributed by atoms with Crippen molar-refractivity contribution in [3.63, 3.8) is 0 Å². The largest absolute Gasteiger partial charge is 0.456 e. The van der Waals surface area contributed by atoms with Crippen molar-refractivity contribution in [1.29, 1.82) is 0 Å². The summed E-state index contributed by atoms with van der Waals surface area (Å²) in [5.74, 6) is -1.20. The number of carbonyl (C=O) groups is 1. The molecule has 0 saturated heterocycles. The van der Waals surface area contributed by atoms with E-state index < -0.39 is 11.8 Å². The molecular weight excluding hydrogens is 341 g/mol. The van der Waals surface area contributed by atoms with Crippen LogP contribution in [0.2, 0.25) is 0 Å². The lowest BCUT2D eigenvalue weighted by atomic mass is 10.2. The Morgan fingerprint density at radius 2 is 2.19 bits per heavy atom. The van der Waals surface area contributed by atoms with E-state index in [2.05, 4.69) is 21.0 Å². The summed E-state index contributed by atoms with van der Waals surface area (Å²) >= 11 is 3.44. The molecule has 0 amide bonds. The van der Waals surface area contributed by atoms with Gasteiger partial charge in [0.1, 0.15) is 12.4 Å². The second-order valence-electron chi connectivity index (χ2n) is 4.53. The zero-order chi connectivity index (χ0) is 15.6. The fourth-order valence-corrected chi connectivity index (χ4v) is 2.65. The summed E-state index contributed by atoms with van der Waals surface area (Å²) in [5.41, 5.74) is 7.40. The number of halogens is 2. The number of nitrogens with two attached hydrogens (primary N) is 1. The Morgan fingerprint density at radius 1 is 1.48 bits per heavy atom. The SMILES string of the molecule is CCc1nn(C)c(COC(=O)c2cc(N)cc(F)c2)c1Br. The van der Waals surface area contributed by atoms with Gasteiger partial charge in [0.2, 0.25) is 0 Å². The molecule has 1 aromatic heterocycles. The van der Waals surface area contributed by atoms with Gasteiger partial charge in [-0.15, -0.1) is 0 Å². The molecule has 112 valence electrons. The standard InChI is InChI=1S/C14H15BrFN3O2/c1-3-11-13(15)12(19(2)18-11)7-21-14(20)8-4-9(16)6-10(17)5-8/h4-6H,3,7,17H2,1-2H3. The van der Waals surface area contributed by atoms with Gasteiger partial charge in [-0.3, -0.25) is 4.68 Å². The third-order valence-electron chi connectivity index (χ3n) is 3.00. The Morgan fingerprint density at radius 3 is 2.76 bits per heavy atom. The first-order valence-electron chi connectivity index (χ1n) is 6.35. The molecule has 0 spiro atoms. The summed E-state index contributed by atoms with van der Waals surface area (Å²) in [5, 5.41) is 4.31. The van der Waals surface area contributed by atoms with Crippen LogP contribution in [0.1, 0.15) is 28.7 Å². The first-order chi connectivity index (χ1) is 9.92. The summed E-state index contributed by atoms with van der Waals surface area (Å²) in [7, 11) is 1.77. The van der Waals surface area contributed by atoms with Gasteiger partial charge >= 0.3 is 5.97 Å². The van der Waals surface area contributed by atoms with E-state index in [0.29, 0.717) is 0 Å². The number of aryl methyl sites for hydroxylation is 2. The third-order valence-corrected chi connectivity index (χ3v) is 3.91. The number of ether oxygens (including phenoxy) is 1. The number of rotatable bonds is 4. The minimum absolute atomic E-state index is 0.0410. The Labute approximate surface area is 130 Å². The molecule has 7 heteroatoms. The monoisotopic (exact) mass is 355 g/mol. The van der Waals surface area contributed by atoms with Gasteiger partial charge in [-0.25, -0.2) is 9.18 Å². The van der Waals surface area contributed by atoms with Crippen molar-refractivity contribution >= 4 is 27.6 Å². The maximum absolute atomic E-state index is 13.2. The van der Waals surface area contributed by atoms with Crippen molar-refractivity contribution in [2.45, 2.75) is 20.0 Å². The number of hydrogen-bond acceptors (Lipinski definition) is 4. The number of esters is 1. The lowest BCUT2D eigenvalue weighted by molar-refractivity contribution is 0.0462. The normalized spacial score (nSPS) is 10.7. The highest BCUT2D eigenvalue weighted by atomic mass is 79.9. The van der Waals surface area contributed by atoms with Crippen LogP contribution in [0, 0.1) is 5.82 Å². The van der Waals surface area contributed by atoms with Gasteiger partial charge in [-0.1, -0.05) is 6.92 Å². The van der Waals surface area contributed by atoms with Crippen molar-refractivity contribution in [1.82, 2.24) is 9.78 Å². The molecule has 0 radical (unpaired) electrons. The van der Waals surface area contributed by atoms with Crippen LogP contribution in [0.4, 0.5) is 10.1 Å². The lowest BCUT2D eigenvalue weighted by Crippen LogP contribution is -2.09. The number of nitrogens with zero attached hydrogens (tertiary/aromatic N) is 2. The summed E-state index contributed by atoms with van der Waals surface area (Å²) in [6.07, 6.45) is 0.767. The van der Waals surface area contributed by atoms with E-state index in [4.69, 9.17) is 10.5 Å². The van der Waals surface area contributed by atoms with Gasteiger partial charge in [0.25, 0.3) is 0 Å². The topological polar surface area (TPSA) is 70.1 Å². The molecule has 0 unspecified atom stereocenters. The van der Waals surface area contributed by atoms with Gasteiger partial charge in [0, 0.05) is 12.7 Å². The highest BCUT2D eigenvalue weighted by Crippen LogP contribution is 2.22. The summed E-state index contributed by atoms with van der Waals surface area (Å²) in [6.45, 7) is 2.03. The molecule has 0 saturated carbocycles.